The summed E-state index contributed by atoms with van der Waals surface area (Å²) in [6, 6.07) is 24.5. The van der Waals surface area contributed by atoms with Crippen molar-refractivity contribution in [2.45, 2.75) is 32.7 Å². The van der Waals surface area contributed by atoms with Crippen LogP contribution in [-0.4, -0.2) is 28.2 Å². The number of ketones is 1. The minimum atomic E-state index is -0.638. The summed E-state index contributed by atoms with van der Waals surface area (Å²) in [5, 5.41) is 11.1. The van der Waals surface area contributed by atoms with Crippen LogP contribution in [0.1, 0.15) is 40.8 Å². The molecular weight excluding hydrogens is 398 g/mol. The quantitative estimate of drug-likeness (QED) is 0.335. The van der Waals surface area contributed by atoms with Crippen LogP contribution in [0.4, 0.5) is 0 Å². The van der Waals surface area contributed by atoms with E-state index >= 15 is 0 Å². The van der Waals surface area contributed by atoms with Crippen molar-refractivity contribution in [3.8, 4) is 0 Å². The van der Waals surface area contributed by atoms with Crippen LogP contribution in [0.3, 0.4) is 0 Å². The van der Waals surface area contributed by atoms with E-state index in [-0.39, 0.29) is 11.3 Å². The molecule has 1 unspecified atom stereocenters. The average Bonchev–Trinajstić information content (AvgIpc) is 3.08. The van der Waals surface area contributed by atoms with Crippen LogP contribution in [0.15, 0.2) is 84.4 Å². The lowest BCUT2D eigenvalue weighted by molar-refractivity contribution is -0.139. The Morgan fingerprint density at radius 2 is 1.53 bits per heavy atom. The zero-order chi connectivity index (χ0) is 22.7. The summed E-state index contributed by atoms with van der Waals surface area (Å²) in [6.45, 7) is 4.43. The Labute approximate surface area is 188 Å². The van der Waals surface area contributed by atoms with Crippen LogP contribution in [-0.2, 0) is 22.4 Å². The molecule has 4 rings (SSSR count). The number of aliphatic hydroxyl groups is 1. The van der Waals surface area contributed by atoms with Gasteiger partial charge in [-0.3, -0.25) is 9.59 Å². The van der Waals surface area contributed by atoms with Crippen LogP contribution in [0.25, 0.3) is 5.76 Å². The van der Waals surface area contributed by atoms with E-state index in [2.05, 4.69) is 6.92 Å². The highest BCUT2D eigenvalue weighted by Crippen LogP contribution is 2.39. The number of carbonyl (C=O) groups is 2. The largest absolute Gasteiger partial charge is 0.507 e. The predicted octanol–water partition coefficient (Wildman–Crippen LogP) is 5.22. The number of aliphatic hydroxyl groups excluding tert-OH is 1. The van der Waals surface area contributed by atoms with Crippen molar-refractivity contribution in [2.75, 3.05) is 6.54 Å². The molecule has 0 bridgehead atoms. The molecule has 1 heterocycles. The first kappa shape index (κ1) is 21.6. The number of Topliss-reactive ketones (excluding diaryl/α,β-unsaturated/α-hetero) is 1. The van der Waals surface area contributed by atoms with Crippen LogP contribution in [0.5, 0.6) is 0 Å². The molecule has 3 aromatic rings. The van der Waals surface area contributed by atoms with Crippen LogP contribution in [0, 0.1) is 6.92 Å². The van der Waals surface area contributed by atoms with Gasteiger partial charge in [-0.15, -0.1) is 0 Å². The van der Waals surface area contributed by atoms with Crippen molar-refractivity contribution in [1.29, 1.82) is 0 Å². The van der Waals surface area contributed by atoms with E-state index in [1.807, 2.05) is 73.7 Å². The van der Waals surface area contributed by atoms with E-state index in [0.717, 1.165) is 23.1 Å². The molecule has 0 aliphatic carbocycles. The van der Waals surface area contributed by atoms with Crippen LogP contribution >= 0.6 is 0 Å². The zero-order valence-electron chi connectivity index (χ0n) is 18.4. The smallest absolute Gasteiger partial charge is 0.295 e. The SMILES string of the molecule is CCc1ccc(C2/C(=C(\O)c3ccc(C)cc3)C(=O)C(=O)N2CCc2ccccc2)cc1. The van der Waals surface area contributed by atoms with Gasteiger partial charge in [0.2, 0.25) is 0 Å². The highest BCUT2D eigenvalue weighted by Gasteiger charge is 2.45. The van der Waals surface area contributed by atoms with E-state index in [0.29, 0.717) is 18.5 Å². The maximum absolute atomic E-state index is 13.1. The Morgan fingerprint density at radius 1 is 0.875 bits per heavy atom. The highest BCUT2D eigenvalue weighted by atomic mass is 16.3. The van der Waals surface area contributed by atoms with Gasteiger partial charge < -0.3 is 10.0 Å². The molecule has 0 spiro atoms. The molecule has 3 aromatic carbocycles. The molecule has 1 saturated heterocycles. The van der Waals surface area contributed by atoms with Crippen molar-refractivity contribution in [3.05, 3.63) is 112 Å². The van der Waals surface area contributed by atoms with Gasteiger partial charge in [-0.05, 0) is 36.5 Å². The van der Waals surface area contributed by atoms with E-state index in [1.54, 1.807) is 17.0 Å². The number of nitrogens with zero attached hydrogens (tertiary/aromatic N) is 1. The van der Waals surface area contributed by atoms with Crippen molar-refractivity contribution >= 4 is 17.4 Å². The van der Waals surface area contributed by atoms with Gasteiger partial charge in [0.25, 0.3) is 11.7 Å². The molecule has 1 amide bonds. The summed E-state index contributed by atoms with van der Waals surface area (Å²) in [6.07, 6.45) is 1.53. The fourth-order valence-electron chi connectivity index (χ4n) is 4.15. The number of hydrogen-bond acceptors (Lipinski definition) is 3. The molecule has 1 aliphatic heterocycles. The maximum atomic E-state index is 13.1. The lowest BCUT2D eigenvalue weighted by atomic mass is 9.94. The van der Waals surface area contributed by atoms with Crippen molar-refractivity contribution in [2.24, 2.45) is 0 Å². The van der Waals surface area contributed by atoms with Gasteiger partial charge in [-0.25, -0.2) is 0 Å². The number of carbonyl (C=O) groups excluding carboxylic acids is 2. The molecule has 0 radical (unpaired) electrons. The summed E-state index contributed by atoms with van der Waals surface area (Å²) < 4.78 is 0. The Balaban J connectivity index is 1.77. The third-order valence-electron chi connectivity index (χ3n) is 6.05. The molecular formula is C28H27NO3. The minimum Gasteiger partial charge on any atom is -0.507 e. The molecule has 32 heavy (non-hydrogen) atoms. The predicted molar refractivity (Wildman–Crippen MR) is 126 cm³/mol. The first-order chi connectivity index (χ1) is 15.5. The third-order valence-corrected chi connectivity index (χ3v) is 6.05. The number of benzene rings is 3. The fraction of sp³-hybridized carbons (Fsp3) is 0.214. The second-order valence-electron chi connectivity index (χ2n) is 8.19. The molecule has 1 fully saturated rings. The second-order valence-corrected chi connectivity index (χ2v) is 8.19. The Kier molecular flexibility index (Phi) is 6.22. The molecule has 1 aliphatic rings. The number of likely N-dealkylation sites (tertiary alicyclic amines) is 1. The van der Waals surface area contributed by atoms with E-state index < -0.39 is 17.7 Å². The van der Waals surface area contributed by atoms with E-state index in [4.69, 9.17) is 0 Å². The summed E-state index contributed by atoms with van der Waals surface area (Å²) in [4.78, 5) is 27.8. The molecule has 0 aromatic heterocycles. The first-order valence-corrected chi connectivity index (χ1v) is 11.0. The van der Waals surface area contributed by atoms with Crippen molar-refractivity contribution < 1.29 is 14.7 Å². The molecule has 1 atom stereocenters. The van der Waals surface area contributed by atoms with E-state index in [1.165, 1.54) is 5.56 Å². The Bertz CT molecular complexity index is 1150. The summed E-state index contributed by atoms with van der Waals surface area (Å²) >= 11 is 0. The molecule has 162 valence electrons. The summed E-state index contributed by atoms with van der Waals surface area (Å²) in [7, 11) is 0. The lowest BCUT2D eigenvalue weighted by Crippen LogP contribution is -2.31. The molecule has 0 saturated carbocycles. The Hall–Kier alpha value is -3.66. The van der Waals surface area contributed by atoms with Gasteiger partial charge in [-0.2, -0.15) is 0 Å². The standard InChI is InChI=1S/C28H27NO3/c1-3-20-11-15-22(16-12-20)25-24(26(30)23-13-9-19(2)10-14-23)27(31)28(32)29(25)18-17-21-7-5-4-6-8-21/h4-16,25,30H,3,17-18H2,1-2H3/b26-24+. The van der Waals surface area contributed by atoms with Crippen molar-refractivity contribution in [3.63, 3.8) is 0 Å². The monoisotopic (exact) mass is 425 g/mol. The topological polar surface area (TPSA) is 57.6 Å². The molecule has 1 N–H and O–H groups in total. The van der Waals surface area contributed by atoms with Gasteiger partial charge in [0, 0.05) is 12.1 Å². The first-order valence-electron chi connectivity index (χ1n) is 11.0. The lowest BCUT2D eigenvalue weighted by Gasteiger charge is -2.25. The summed E-state index contributed by atoms with van der Waals surface area (Å²) in [5.74, 6) is -1.34. The van der Waals surface area contributed by atoms with Gasteiger partial charge in [0.1, 0.15) is 5.76 Å². The van der Waals surface area contributed by atoms with Crippen molar-refractivity contribution in [1.82, 2.24) is 4.90 Å². The van der Waals surface area contributed by atoms with Gasteiger partial charge in [-0.1, -0.05) is 91.3 Å². The highest BCUT2D eigenvalue weighted by molar-refractivity contribution is 6.46. The van der Waals surface area contributed by atoms with Gasteiger partial charge >= 0.3 is 0 Å². The second kappa shape index (κ2) is 9.23. The Morgan fingerprint density at radius 3 is 2.16 bits per heavy atom. The maximum Gasteiger partial charge on any atom is 0.295 e. The van der Waals surface area contributed by atoms with Crippen LogP contribution < -0.4 is 0 Å². The van der Waals surface area contributed by atoms with Crippen LogP contribution in [0.2, 0.25) is 0 Å². The van der Waals surface area contributed by atoms with E-state index in [9.17, 15) is 14.7 Å². The normalized spacial score (nSPS) is 17.7. The third kappa shape index (κ3) is 4.22. The van der Waals surface area contributed by atoms with Gasteiger partial charge in [0.15, 0.2) is 0 Å². The number of hydrogen-bond donors (Lipinski definition) is 1. The number of amides is 1. The zero-order valence-corrected chi connectivity index (χ0v) is 18.4. The average molecular weight is 426 g/mol. The molecule has 4 heteroatoms. The minimum absolute atomic E-state index is 0.130. The number of rotatable bonds is 6. The molecule has 4 nitrogen and oxygen atoms in total. The van der Waals surface area contributed by atoms with Gasteiger partial charge in [0.05, 0.1) is 11.6 Å². The number of aryl methyl sites for hydroxylation is 2. The summed E-state index contributed by atoms with van der Waals surface area (Å²) in [5.41, 5.74) is 4.82. The fourth-order valence-corrected chi connectivity index (χ4v) is 4.15.